The Balaban J connectivity index is 1.97. The van der Waals surface area contributed by atoms with Crippen LogP contribution in [0.1, 0.15) is 19.4 Å². The molecule has 3 amide bonds. The van der Waals surface area contributed by atoms with Crippen molar-refractivity contribution >= 4 is 62.4 Å². The molecule has 4 rings (SSSR count). The zero-order valence-corrected chi connectivity index (χ0v) is 22.8. The van der Waals surface area contributed by atoms with Gasteiger partial charge in [-0.05, 0) is 49.7 Å². The Morgan fingerprint density at radius 3 is 2.43 bits per heavy atom. The Kier molecular flexibility index (Phi) is 7.53. The highest BCUT2D eigenvalue weighted by Gasteiger charge is 2.64. The van der Waals surface area contributed by atoms with Crippen molar-refractivity contribution in [2.24, 2.45) is 5.73 Å². The third-order valence-electron chi connectivity index (χ3n) is 6.36. The van der Waals surface area contributed by atoms with Crippen LogP contribution in [0.5, 0.6) is 0 Å². The lowest BCUT2D eigenvalue weighted by molar-refractivity contribution is -0.164. The number of amides is 3. The van der Waals surface area contributed by atoms with Gasteiger partial charge in [-0.25, -0.2) is 8.42 Å². The van der Waals surface area contributed by atoms with Crippen molar-refractivity contribution in [2.45, 2.75) is 48.3 Å². The summed E-state index contributed by atoms with van der Waals surface area (Å²) in [5.41, 5.74) is 6.06. The number of primary amides is 1. The summed E-state index contributed by atoms with van der Waals surface area (Å²) in [5, 5.41) is 3.15. The Hall–Kier alpha value is -2.37. The van der Waals surface area contributed by atoms with Crippen molar-refractivity contribution in [1.82, 2.24) is 15.1 Å². The quantitative estimate of drug-likeness (QED) is 0.535. The fraction of sp³-hybridized carbons (Fsp3) is 0.333. The van der Waals surface area contributed by atoms with E-state index in [1.54, 1.807) is 38.1 Å². The SMILES string of the molecule is CC(C)N1CC2(S(=O)(=O)c3ccc(Cl)cc3Cl)NC(C(N)=O)[C]C(=O)N2C(Cc2cccc(Cl)c2)C1=O. The predicted octanol–water partition coefficient (Wildman–Crippen LogP) is 2.30. The van der Waals surface area contributed by atoms with E-state index in [0.29, 0.717) is 10.6 Å². The first-order valence-electron chi connectivity index (χ1n) is 11.2. The monoisotopic (exact) mass is 584 g/mol. The molecule has 0 spiro atoms. The average molecular weight is 586 g/mol. The molecule has 3 N–H and O–H groups in total. The van der Waals surface area contributed by atoms with Crippen molar-refractivity contribution in [3.05, 3.63) is 69.5 Å². The van der Waals surface area contributed by atoms with E-state index in [4.69, 9.17) is 40.5 Å². The molecule has 196 valence electrons. The highest BCUT2D eigenvalue weighted by molar-refractivity contribution is 7.93. The Labute approximate surface area is 229 Å². The van der Waals surface area contributed by atoms with Crippen LogP contribution in [-0.4, -0.2) is 65.6 Å². The van der Waals surface area contributed by atoms with Gasteiger partial charge in [0.05, 0.1) is 16.5 Å². The number of benzene rings is 2. The Bertz CT molecular complexity index is 1390. The van der Waals surface area contributed by atoms with Crippen LogP contribution < -0.4 is 11.1 Å². The van der Waals surface area contributed by atoms with Crippen LogP contribution in [0.3, 0.4) is 0 Å². The average Bonchev–Trinajstić information content (AvgIpc) is 2.80. The molecule has 2 heterocycles. The van der Waals surface area contributed by atoms with Crippen LogP contribution in [0, 0.1) is 6.42 Å². The molecule has 0 bridgehead atoms. The molecule has 9 nitrogen and oxygen atoms in total. The maximum Gasteiger partial charge on any atom is 0.246 e. The molecule has 13 heteroatoms. The standard InChI is InChI=1S/C24H23Cl3N4O5S/c1-13(2)30-12-24(37(35,36)20-7-6-16(26)10-17(20)27)29-18(22(28)33)11-21(32)31(24)19(23(30)34)9-14-4-3-5-15(25)8-14/h3-8,10,13,18-19,29H,9,12H2,1-2H3,(H2,28,33). The predicted molar refractivity (Wildman–Crippen MR) is 138 cm³/mol. The van der Waals surface area contributed by atoms with Crippen molar-refractivity contribution in [1.29, 1.82) is 0 Å². The molecule has 3 unspecified atom stereocenters. The number of halogens is 3. The summed E-state index contributed by atoms with van der Waals surface area (Å²) in [4.78, 5) is 39.0. The maximum atomic E-state index is 14.4. The largest absolute Gasteiger partial charge is 0.368 e. The molecule has 2 aromatic rings. The molecule has 2 saturated heterocycles. The van der Waals surface area contributed by atoms with Gasteiger partial charge in [0.15, 0.2) is 0 Å². The van der Waals surface area contributed by atoms with E-state index in [-0.39, 0.29) is 21.4 Å². The summed E-state index contributed by atoms with van der Waals surface area (Å²) in [6.45, 7) is 2.94. The van der Waals surface area contributed by atoms with Gasteiger partial charge >= 0.3 is 0 Å². The second-order valence-electron chi connectivity index (χ2n) is 9.07. The van der Waals surface area contributed by atoms with Crippen LogP contribution in [0.2, 0.25) is 15.1 Å². The first kappa shape index (κ1) is 27.7. The van der Waals surface area contributed by atoms with Gasteiger partial charge in [0.1, 0.15) is 18.5 Å². The van der Waals surface area contributed by atoms with Gasteiger partial charge in [0, 0.05) is 22.5 Å². The van der Waals surface area contributed by atoms with Crippen molar-refractivity contribution in [3.8, 4) is 0 Å². The maximum absolute atomic E-state index is 14.4. The van der Waals surface area contributed by atoms with Gasteiger partial charge in [0.25, 0.3) is 0 Å². The van der Waals surface area contributed by atoms with Crippen molar-refractivity contribution < 1.29 is 22.8 Å². The second kappa shape index (κ2) is 10.1. The molecule has 0 aliphatic carbocycles. The van der Waals surface area contributed by atoms with Gasteiger partial charge in [-0.15, -0.1) is 0 Å². The van der Waals surface area contributed by atoms with Crippen molar-refractivity contribution in [3.63, 3.8) is 0 Å². The van der Waals surface area contributed by atoms with Gasteiger partial charge in [0.2, 0.25) is 32.6 Å². The normalized spacial score (nSPS) is 24.4. The van der Waals surface area contributed by atoms with Crippen LogP contribution in [0.4, 0.5) is 0 Å². The second-order valence-corrected chi connectivity index (χ2v) is 12.5. The van der Waals surface area contributed by atoms with Crippen LogP contribution >= 0.6 is 34.8 Å². The minimum atomic E-state index is -4.62. The Morgan fingerprint density at radius 1 is 1.16 bits per heavy atom. The van der Waals surface area contributed by atoms with E-state index in [2.05, 4.69) is 11.7 Å². The fourth-order valence-corrected chi connectivity index (χ4v) is 7.53. The van der Waals surface area contributed by atoms with Gasteiger partial charge in [-0.1, -0.05) is 46.9 Å². The van der Waals surface area contributed by atoms with E-state index in [9.17, 15) is 22.8 Å². The van der Waals surface area contributed by atoms with Crippen LogP contribution in [-0.2, 0) is 30.6 Å². The summed E-state index contributed by atoms with van der Waals surface area (Å²) < 4.78 is 28.8. The van der Waals surface area contributed by atoms with E-state index in [1.165, 1.54) is 23.1 Å². The summed E-state index contributed by atoms with van der Waals surface area (Å²) in [5.74, 6) is -2.44. The summed E-state index contributed by atoms with van der Waals surface area (Å²) in [6.07, 6.45) is 2.31. The molecule has 2 aliphatic rings. The first-order valence-corrected chi connectivity index (χ1v) is 13.8. The molecule has 37 heavy (non-hydrogen) atoms. The molecule has 0 saturated carbocycles. The lowest BCUT2D eigenvalue weighted by Crippen LogP contribution is -2.83. The topological polar surface area (TPSA) is 130 Å². The third-order valence-corrected chi connectivity index (χ3v) is 9.53. The van der Waals surface area contributed by atoms with E-state index < -0.39 is 57.2 Å². The molecular formula is C24H23Cl3N4O5S. The number of carbonyl (C=O) groups is 3. The minimum absolute atomic E-state index is 0.0510. The molecule has 2 fully saturated rings. The van der Waals surface area contributed by atoms with Gasteiger partial charge < -0.3 is 10.6 Å². The van der Waals surface area contributed by atoms with Crippen molar-refractivity contribution in [2.75, 3.05) is 6.54 Å². The van der Waals surface area contributed by atoms with Crippen LogP contribution in [0.25, 0.3) is 0 Å². The summed E-state index contributed by atoms with van der Waals surface area (Å²) >= 11 is 18.4. The zero-order chi connectivity index (χ0) is 27.3. The molecular weight excluding hydrogens is 563 g/mol. The molecule has 2 aliphatic heterocycles. The fourth-order valence-electron chi connectivity index (χ4n) is 4.63. The number of nitrogens with two attached hydrogens (primary N) is 1. The summed E-state index contributed by atoms with van der Waals surface area (Å²) in [6, 6.07) is 7.19. The smallest absolute Gasteiger partial charge is 0.246 e. The number of sulfone groups is 1. The number of hydrogen-bond acceptors (Lipinski definition) is 6. The van der Waals surface area contributed by atoms with Gasteiger partial charge in [-0.2, -0.15) is 0 Å². The molecule has 2 radical (unpaired) electrons. The van der Waals surface area contributed by atoms with Gasteiger partial charge in [-0.3, -0.25) is 24.6 Å². The van der Waals surface area contributed by atoms with E-state index in [0.717, 1.165) is 4.90 Å². The highest BCUT2D eigenvalue weighted by atomic mass is 35.5. The number of rotatable bonds is 6. The number of nitrogens with one attached hydrogen (secondary N) is 1. The highest BCUT2D eigenvalue weighted by Crippen LogP contribution is 2.41. The molecule has 2 aromatic carbocycles. The number of fused-ring (bicyclic) bond motifs is 1. The first-order chi connectivity index (χ1) is 17.3. The zero-order valence-electron chi connectivity index (χ0n) is 19.7. The van der Waals surface area contributed by atoms with Crippen LogP contribution in [0.15, 0.2) is 47.4 Å². The lowest BCUT2D eigenvalue weighted by Gasteiger charge is -2.56. The molecule has 0 aromatic heterocycles. The number of carbonyl (C=O) groups excluding carboxylic acids is 3. The third kappa shape index (κ3) is 4.81. The number of hydrogen-bond donors (Lipinski definition) is 2. The number of nitrogens with zero attached hydrogens (tertiary/aromatic N) is 2. The van der Waals surface area contributed by atoms with E-state index >= 15 is 0 Å². The van der Waals surface area contributed by atoms with E-state index in [1.807, 2.05) is 0 Å². The lowest BCUT2D eigenvalue weighted by atomic mass is 9.95. The molecule has 3 atom stereocenters. The summed E-state index contributed by atoms with van der Waals surface area (Å²) in [7, 11) is -4.62. The minimum Gasteiger partial charge on any atom is -0.368 e. The Morgan fingerprint density at radius 2 is 1.84 bits per heavy atom. The number of piperazine rings is 1.